The third-order valence-corrected chi connectivity index (χ3v) is 3.56. The number of benzene rings is 1. The molecule has 0 atom stereocenters. The van der Waals surface area contributed by atoms with Crippen LogP contribution in [0.5, 0.6) is 0 Å². The van der Waals surface area contributed by atoms with Gasteiger partial charge in [0, 0.05) is 17.6 Å². The molecule has 0 N–H and O–H groups in total. The molecule has 1 saturated carbocycles. The number of amides is 1. The largest absolute Gasteiger partial charge is 0.333 e. The van der Waals surface area contributed by atoms with Crippen LogP contribution in [0.25, 0.3) is 0 Å². The van der Waals surface area contributed by atoms with E-state index in [1.165, 1.54) is 5.56 Å². The molecule has 1 fully saturated rings. The van der Waals surface area contributed by atoms with Crippen LogP contribution in [0.4, 0.5) is 0 Å². The van der Waals surface area contributed by atoms with Gasteiger partial charge in [-0.1, -0.05) is 26.0 Å². The highest BCUT2D eigenvalue weighted by Gasteiger charge is 2.34. The molecule has 2 nitrogen and oxygen atoms in total. The Morgan fingerprint density at radius 1 is 1.11 bits per heavy atom. The Labute approximate surface area is 110 Å². The summed E-state index contributed by atoms with van der Waals surface area (Å²) in [6.45, 7) is 8.53. The summed E-state index contributed by atoms with van der Waals surface area (Å²) < 4.78 is 0. The zero-order valence-corrected chi connectivity index (χ0v) is 11.8. The molecule has 1 amide bonds. The summed E-state index contributed by atoms with van der Waals surface area (Å²) in [5.74, 6) is 0.696. The van der Waals surface area contributed by atoms with Crippen molar-refractivity contribution in [1.82, 2.24) is 4.90 Å². The minimum atomic E-state index is 0.183. The summed E-state index contributed by atoms with van der Waals surface area (Å²) in [5, 5.41) is 0. The third kappa shape index (κ3) is 2.74. The molecule has 98 valence electrons. The lowest BCUT2D eigenvalue weighted by Crippen LogP contribution is -2.38. The van der Waals surface area contributed by atoms with Gasteiger partial charge in [-0.25, -0.2) is 0 Å². The van der Waals surface area contributed by atoms with Crippen LogP contribution >= 0.6 is 0 Å². The maximum atomic E-state index is 12.5. The molecule has 0 aliphatic heterocycles. The Hall–Kier alpha value is -1.31. The first kappa shape index (κ1) is 13.1. The Morgan fingerprint density at radius 2 is 1.67 bits per heavy atom. The highest BCUT2D eigenvalue weighted by molar-refractivity contribution is 5.94. The van der Waals surface area contributed by atoms with Crippen LogP contribution in [0.1, 0.15) is 62.4 Å². The molecule has 0 heterocycles. The van der Waals surface area contributed by atoms with Gasteiger partial charge in [0.2, 0.25) is 0 Å². The van der Waals surface area contributed by atoms with Crippen LogP contribution in [0.15, 0.2) is 24.3 Å². The van der Waals surface area contributed by atoms with Crippen molar-refractivity contribution in [3.8, 4) is 0 Å². The van der Waals surface area contributed by atoms with Crippen molar-refractivity contribution in [2.45, 2.75) is 58.5 Å². The number of hydrogen-bond acceptors (Lipinski definition) is 1. The van der Waals surface area contributed by atoms with Gasteiger partial charge in [0.25, 0.3) is 5.91 Å². The van der Waals surface area contributed by atoms with E-state index >= 15 is 0 Å². The average Bonchev–Trinajstić information content (AvgIpc) is 3.13. The molecule has 2 heteroatoms. The van der Waals surface area contributed by atoms with Crippen molar-refractivity contribution in [2.24, 2.45) is 0 Å². The van der Waals surface area contributed by atoms with Crippen LogP contribution in [0, 0.1) is 0 Å². The predicted molar refractivity (Wildman–Crippen MR) is 74.9 cm³/mol. The van der Waals surface area contributed by atoms with Crippen molar-refractivity contribution in [3.05, 3.63) is 35.4 Å². The number of carbonyl (C=O) groups excluding carboxylic acids is 1. The van der Waals surface area contributed by atoms with Gasteiger partial charge in [-0.3, -0.25) is 4.79 Å². The predicted octanol–water partition coefficient (Wildman–Crippen LogP) is 3.82. The van der Waals surface area contributed by atoms with Crippen molar-refractivity contribution in [3.63, 3.8) is 0 Å². The van der Waals surface area contributed by atoms with E-state index in [1.807, 2.05) is 17.0 Å². The van der Waals surface area contributed by atoms with E-state index in [1.54, 1.807) is 0 Å². The van der Waals surface area contributed by atoms with Gasteiger partial charge in [-0.2, -0.15) is 0 Å². The van der Waals surface area contributed by atoms with E-state index in [9.17, 15) is 4.79 Å². The fourth-order valence-electron chi connectivity index (χ4n) is 2.33. The van der Waals surface area contributed by atoms with Gasteiger partial charge in [-0.05, 0) is 50.3 Å². The minimum Gasteiger partial charge on any atom is -0.333 e. The number of nitrogens with zero attached hydrogens (tertiary/aromatic N) is 1. The van der Waals surface area contributed by atoms with Crippen molar-refractivity contribution < 1.29 is 4.79 Å². The van der Waals surface area contributed by atoms with Gasteiger partial charge in [0.15, 0.2) is 0 Å². The maximum absolute atomic E-state index is 12.5. The van der Waals surface area contributed by atoms with Crippen LogP contribution in [0.3, 0.4) is 0 Å². The second-order valence-electron chi connectivity index (χ2n) is 5.81. The first-order chi connectivity index (χ1) is 8.50. The summed E-state index contributed by atoms with van der Waals surface area (Å²) in [5.41, 5.74) is 2.11. The normalized spacial score (nSPS) is 15.2. The Balaban J connectivity index is 2.17. The van der Waals surface area contributed by atoms with Gasteiger partial charge < -0.3 is 4.90 Å². The molecule has 1 aromatic carbocycles. The highest BCUT2D eigenvalue weighted by atomic mass is 16.2. The van der Waals surface area contributed by atoms with Crippen molar-refractivity contribution >= 4 is 5.91 Å². The second-order valence-corrected chi connectivity index (χ2v) is 5.81. The quantitative estimate of drug-likeness (QED) is 0.789. The zero-order chi connectivity index (χ0) is 13.3. The smallest absolute Gasteiger partial charge is 0.254 e. The number of rotatable bonds is 4. The molecule has 18 heavy (non-hydrogen) atoms. The Morgan fingerprint density at radius 3 is 2.06 bits per heavy atom. The molecular formula is C16H23NO. The topological polar surface area (TPSA) is 20.3 Å². The minimum absolute atomic E-state index is 0.183. The number of hydrogen-bond donors (Lipinski definition) is 0. The molecule has 1 aromatic rings. The first-order valence-electron chi connectivity index (χ1n) is 6.93. The second kappa shape index (κ2) is 5.13. The molecule has 0 unspecified atom stereocenters. The summed E-state index contributed by atoms with van der Waals surface area (Å²) in [6, 6.07) is 8.84. The molecule has 0 radical (unpaired) electrons. The summed E-state index contributed by atoms with van der Waals surface area (Å²) in [4.78, 5) is 14.5. The fourth-order valence-corrected chi connectivity index (χ4v) is 2.33. The molecule has 1 aliphatic carbocycles. The molecule has 0 bridgehead atoms. The van der Waals surface area contributed by atoms with E-state index < -0.39 is 0 Å². The van der Waals surface area contributed by atoms with E-state index in [0.717, 1.165) is 18.4 Å². The summed E-state index contributed by atoms with van der Waals surface area (Å²) >= 11 is 0. The fraction of sp³-hybridized carbons (Fsp3) is 0.562. The molecule has 2 rings (SSSR count). The van der Waals surface area contributed by atoms with E-state index in [4.69, 9.17) is 0 Å². The van der Waals surface area contributed by atoms with Crippen LogP contribution < -0.4 is 0 Å². The molecule has 0 aromatic heterocycles. The Bertz CT molecular complexity index is 413. The highest BCUT2D eigenvalue weighted by Crippen LogP contribution is 2.30. The van der Waals surface area contributed by atoms with E-state index in [-0.39, 0.29) is 11.9 Å². The maximum Gasteiger partial charge on any atom is 0.254 e. The van der Waals surface area contributed by atoms with Crippen molar-refractivity contribution in [2.75, 3.05) is 0 Å². The monoisotopic (exact) mass is 245 g/mol. The van der Waals surface area contributed by atoms with Gasteiger partial charge in [0.1, 0.15) is 0 Å². The first-order valence-corrected chi connectivity index (χ1v) is 6.93. The molecule has 0 spiro atoms. The molecular weight excluding hydrogens is 222 g/mol. The van der Waals surface area contributed by atoms with Gasteiger partial charge in [-0.15, -0.1) is 0 Å². The van der Waals surface area contributed by atoms with Gasteiger partial charge in [0.05, 0.1) is 0 Å². The summed E-state index contributed by atoms with van der Waals surface area (Å²) in [7, 11) is 0. The molecule has 0 saturated heterocycles. The number of carbonyl (C=O) groups is 1. The van der Waals surface area contributed by atoms with E-state index in [2.05, 4.69) is 39.8 Å². The van der Waals surface area contributed by atoms with Crippen LogP contribution in [-0.4, -0.2) is 22.9 Å². The lowest BCUT2D eigenvalue weighted by molar-refractivity contribution is 0.0690. The van der Waals surface area contributed by atoms with Crippen molar-refractivity contribution in [1.29, 1.82) is 0 Å². The average molecular weight is 245 g/mol. The summed E-state index contributed by atoms with van der Waals surface area (Å²) in [6.07, 6.45) is 2.32. The zero-order valence-electron chi connectivity index (χ0n) is 11.8. The lowest BCUT2D eigenvalue weighted by atomic mass is 10.0. The standard InChI is InChI=1S/C16H23NO/c1-11(2)13-5-7-14(8-6-13)16(18)17(12(3)4)15-9-10-15/h5-8,11-12,15H,9-10H2,1-4H3. The SMILES string of the molecule is CC(C)c1ccc(C(=O)N(C(C)C)C2CC2)cc1. The Kier molecular flexibility index (Phi) is 3.74. The molecule has 1 aliphatic rings. The van der Waals surface area contributed by atoms with E-state index in [0.29, 0.717) is 12.0 Å². The van der Waals surface area contributed by atoms with Crippen LogP contribution in [0.2, 0.25) is 0 Å². The lowest BCUT2D eigenvalue weighted by Gasteiger charge is -2.26. The van der Waals surface area contributed by atoms with Gasteiger partial charge >= 0.3 is 0 Å². The van der Waals surface area contributed by atoms with Crippen LogP contribution in [-0.2, 0) is 0 Å². The third-order valence-electron chi connectivity index (χ3n) is 3.56.